The number of H-pyrrole nitrogens is 1. The van der Waals surface area contributed by atoms with Gasteiger partial charge in [-0.2, -0.15) is 0 Å². The molecule has 3 aromatic rings. The number of fused-ring (bicyclic) bond motifs is 1. The van der Waals surface area contributed by atoms with Crippen molar-refractivity contribution in [2.45, 2.75) is 19.9 Å². The van der Waals surface area contributed by atoms with Crippen LogP contribution < -0.4 is 16.6 Å². The van der Waals surface area contributed by atoms with Gasteiger partial charge in [0.25, 0.3) is 5.56 Å². The molecule has 0 radical (unpaired) electrons. The molecular weight excluding hydrogens is 361 g/mol. The lowest BCUT2D eigenvalue weighted by Gasteiger charge is -2.09. The molecule has 6 nitrogen and oxygen atoms in total. The molecule has 1 heterocycles. The quantitative estimate of drug-likeness (QED) is 0.506. The van der Waals surface area contributed by atoms with Crippen LogP contribution in [0.5, 0.6) is 0 Å². The Kier molecular flexibility index (Phi) is 7.45. The fourth-order valence-corrected chi connectivity index (χ4v) is 2.59. The van der Waals surface area contributed by atoms with Crippen molar-refractivity contribution in [2.24, 2.45) is 0 Å². The lowest BCUT2D eigenvalue weighted by molar-refractivity contribution is 0.101. The summed E-state index contributed by atoms with van der Waals surface area (Å²) in [7, 11) is 0. The van der Waals surface area contributed by atoms with Gasteiger partial charge < -0.3 is 5.32 Å². The van der Waals surface area contributed by atoms with Gasteiger partial charge in [-0.05, 0) is 55.9 Å². The SMILES string of the molecule is C=CNCCCn1c(=O)[nH]c(=O)c2ccccc21.CC(=O)c1ccc(F)cc1. The van der Waals surface area contributed by atoms with Crippen LogP contribution in [0.15, 0.2) is 70.9 Å². The van der Waals surface area contributed by atoms with Crippen molar-refractivity contribution in [3.8, 4) is 0 Å². The summed E-state index contributed by atoms with van der Waals surface area (Å²) in [5.74, 6) is -0.356. The summed E-state index contributed by atoms with van der Waals surface area (Å²) in [6, 6.07) is 12.6. The molecule has 1 aromatic heterocycles. The number of carbonyl (C=O) groups is 1. The van der Waals surface area contributed by atoms with Crippen LogP contribution in [0, 0.1) is 5.82 Å². The van der Waals surface area contributed by atoms with Gasteiger partial charge in [-0.25, -0.2) is 9.18 Å². The van der Waals surface area contributed by atoms with E-state index < -0.39 is 0 Å². The van der Waals surface area contributed by atoms with E-state index in [9.17, 15) is 18.8 Å². The molecule has 3 rings (SSSR count). The Hall–Kier alpha value is -3.48. The number of aryl methyl sites for hydroxylation is 1. The van der Waals surface area contributed by atoms with Crippen molar-refractivity contribution in [3.63, 3.8) is 0 Å². The monoisotopic (exact) mass is 383 g/mol. The predicted molar refractivity (Wildman–Crippen MR) is 108 cm³/mol. The van der Waals surface area contributed by atoms with E-state index in [0.29, 0.717) is 23.0 Å². The van der Waals surface area contributed by atoms with Crippen LogP contribution in [0.4, 0.5) is 4.39 Å². The summed E-state index contributed by atoms with van der Waals surface area (Å²) in [6.07, 6.45) is 2.40. The van der Waals surface area contributed by atoms with Crippen molar-refractivity contribution >= 4 is 16.7 Å². The minimum atomic E-state index is -0.364. The lowest BCUT2D eigenvalue weighted by Crippen LogP contribution is -2.31. The second kappa shape index (κ2) is 10.0. The third-order valence-corrected chi connectivity index (χ3v) is 4.00. The van der Waals surface area contributed by atoms with Crippen molar-refractivity contribution in [3.05, 3.63) is 93.5 Å². The molecule has 0 amide bonds. The first-order chi connectivity index (χ1) is 13.4. The van der Waals surface area contributed by atoms with Crippen LogP contribution in [-0.4, -0.2) is 21.9 Å². The maximum absolute atomic E-state index is 12.2. The molecule has 0 unspecified atom stereocenters. The largest absolute Gasteiger partial charge is 0.391 e. The number of halogens is 1. The molecule has 0 fully saturated rings. The number of ketones is 1. The van der Waals surface area contributed by atoms with Gasteiger partial charge in [0.1, 0.15) is 5.82 Å². The topological polar surface area (TPSA) is 84.0 Å². The van der Waals surface area contributed by atoms with E-state index in [-0.39, 0.29) is 22.8 Å². The van der Waals surface area contributed by atoms with Crippen LogP contribution in [0.1, 0.15) is 23.7 Å². The van der Waals surface area contributed by atoms with E-state index in [1.807, 2.05) is 6.07 Å². The predicted octanol–water partition coefficient (Wildman–Crippen LogP) is 2.84. The number of hydrogen-bond donors (Lipinski definition) is 2. The van der Waals surface area contributed by atoms with Gasteiger partial charge in [-0.15, -0.1) is 0 Å². The molecule has 0 saturated carbocycles. The average molecular weight is 383 g/mol. The molecule has 2 N–H and O–H groups in total. The zero-order valence-electron chi connectivity index (χ0n) is 15.6. The number of hydrogen-bond acceptors (Lipinski definition) is 4. The van der Waals surface area contributed by atoms with Crippen LogP contribution >= 0.6 is 0 Å². The minimum absolute atomic E-state index is 0.0417. The summed E-state index contributed by atoms with van der Waals surface area (Å²) in [5, 5.41) is 3.51. The summed E-state index contributed by atoms with van der Waals surface area (Å²) >= 11 is 0. The normalized spacial score (nSPS) is 10.1. The van der Waals surface area contributed by atoms with E-state index in [1.165, 1.54) is 31.2 Å². The molecule has 2 aromatic carbocycles. The Morgan fingerprint density at radius 2 is 1.86 bits per heavy atom. The zero-order chi connectivity index (χ0) is 20.5. The van der Waals surface area contributed by atoms with Gasteiger partial charge in [0.15, 0.2) is 5.78 Å². The number of para-hydroxylation sites is 1. The molecule has 7 heteroatoms. The van der Waals surface area contributed by atoms with Gasteiger partial charge in [0, 0.05) is 18.7 Å². The highest BCUT2D eigenvalue weighted by molar-refractivity contribution is 5.93. The van der Waals surface area contributed by atoms with Crippen LogP contribution in [0.25, 0.3) is 10.9 Å². The number of nitrogens with one attached hydrogen (secondary N) is 2. The first-order valence-corrected chi connectivity index (χ1v) is 8.76. The first kappa shape index (κ1) is 20.8. The molecule has 28 heavy (non-hydrogen) atoms. The maximum atomic E-state index is 12.2. The van der Waals surface area contributed by atoms with Crippen LogP contribution in [0.3, 0.4) is 0 Å². The molecule has 0 aliphatic rings. The summed E-state index contributed by atoms with van der Waals surface area (Å²) < 4.78 is 13.8. The number of benzene rings is 2. The van der Waals surface area contributed by atoms with Crippen molar-refractivity contribution in [2.75, 3.05) is 6.54 Å². The molecule has 0 aliphatic heterocycles. The van der Waals surface area contributed by atoms with E-state index in [4.69, 9.17) is 0 Å². The van der Waals surface area contributed by atoms with E-state index in [0.717, 1.165) is 13.0 Å². The molecular formula is C21H22FN3O3. The summed E-state index contributed by atoms with van der Waals surface area (Å²) in [6.45, 7) is 6.30. The number of nitrogens with zero attached hydrogens (tertiary/aromatic N) is 1. The van der Waals surface area contributed by atoms with Crippen molar-refractivity contribution < 1.29 is 9.18 Å². The minimum Gasteiger partial charge on any atom is -0.391 e. The standard InChI is InChI=1S/C13H15N3O2.C8H7FO/c1-2-14-8-5-9-16-11-7-4-3-6-10(11)12(17)15-13(16)18;1-6(10)7-2-4-8(9)5-3-7/h2-4,6-7,14H,1,5,8-9H2,(H,15,17,18);2-5H,1H3. The third kappa shape index (κ3) is 5.51. The summed E-state index contributed by atoms with van der Waals surface area (Å²) in [4.78, 5) is 36.4. The Balaban J connectivity index is 0.000000237. The number of rotatable bonds is 6. The van der Waals surface area contributed by atoms with Crippen LogP contribution in [0.2, 0.25) is 0 Å². The summed E-state index contributed by atoms with van der Waals surface area (Å²) in [5.41, 5.74) is 0.514. The second-order valence-electron chi connectivity index (χ2n) is 6.00. The average Bonchev–Trinajstić information content (AvgIpc) is 2.68. The molecule has 146 valence electrons. The fourth-order valence-electron chi connectivity index (χ4n) is 2.59. The van der Waals surface area contributed by atoms with Gasteiger partial charge >= 0.3 is 5.69 Å². The highest BCUT2D eigenvalue weighted by Crippen LogP contribution is 2.06. The second-order valence-corrected chi connectivity index (χ2v) is 6.00. The lowest BCUT2D eigenvalue weighted by atomic mass is 10.1. The number of Topliss-reactive ketones (excluding diaryl/α,β-unsaturated/α-hetero) is 1. The molecule has 0 saturated heterocycles. The molecule has 0 bridgehead atoms. The fraction of sp³-hybridized carbons (Fsp3) is 0.190. The van der Waals surface area contributed by atoms with Gasteiger partial charge in [0.05, 0.1) is 10.9 Å². The van der Waals surface area contributed by atoms with E-state index in [2.05, 4.69) is 16.9 Å². The highest BCUT2D eigenvalue weighted by atomic mass is 19.1. The molecule has 0 atom stereocenters. The number of carbonyl (C=O) groups excluding carboxylic acids is 1. The Bertz CT molecular complexity index is 1070. The highest BCUT2D eigenvalue weighted by Gasteiger charge is 2.05. The number of aromatic nitrogens is 2. The van der Waals surface area contributed by atoms with Gasteiger partial charge in [0.2, 0.25) is 0 Å². The Morgan fingerprint density at radius 1 is 1.18 bits per heavy atom. The Morgan fingerprint density at radius 3 is 2.50 bits per heavy atom. The van der Waals surface area contributed by atoms with Crippen LogP contribution in [-0.2, 0) is 6.54 Å². The van der Waals surface area contributed by atoms with E-state index in [1.54, 1.807) is 29.0 Å². The van der Waals surface area contributed by atoms with E-state index >= 15 is 0 Å². The third-order valence-electron chi connectivity index (χ3n) is 4.00. The van der Waals surface area contributed by atoms with Gasteiger partial charge in [-0.1, -0.05) is 18.7 Å². The zero-order valence-corrected chi connectivity index (χ0v) is 15.6. The smallest absolute Gasteiger partial charge is 0.328 e. The first-order valence-electron chi connectivity index (χ1n) is 8.76. The Labute approximate surface area is 161 Å². The van der Waals surface area contributed by atoms with Crippen molar-refractivity contribution in [1.82, 2.24) is 14.9 Å². The molecule has 0 aliphatic carbocycles. The molecule has 0 spiro atoms. The number of aromatic amines is 1. The maximum Gasteiger partial charge on any atom is 0.328 e. The van der Waals surface area contributed by atoms with Gasteiger partial charge in [-0.3, -0.25) is 19.1 Å². The van der Waals surface area contributed by atoms with Crippen molar-refractivity contribution in [1.29, 1.82) is 0 Å².